The zero-order valence-electron chi connectivity index (χ0n) is 11.2. The first-order chi connectivity index (χ1) is 9.13. The van der Waals surface area contributed by atoms with Crippen LogP contribution in [0.1, 0.15) is 44.9 Å². The Hall–Kier alpha value is -1.37. The monoisotopic (exact) mass is 256 g/mol. The van der Waals surface area contributed by atoms with Gasteiger partial charge in [-0.15, -0.1) is 0 Å². The molecule has 1 unspecified atom stereocenters. The minimum Gasteiger partial charge on any atom is -0.384 e. The van der Waals surface area contributed by atoms with E-state index in [9.17, 15) is 5.26 Å². The molecule has 100 valence electrons. The second-order valence-electron chi connectivity index (χ2n) is 7.33. The number of hydrogen-bond donors (Lipinski definition) is 1. The highest BCUT2D eigenvalue weighted by atomic mass is 15.1. The first kappa shape index (κ1) is 11.5. The van der Waals surface area contributed by atoms with Crippen molar-refractivity contribution in [3.63, 3.8) is 0 Å². The molecular formula is C15H20N4. The molecule has 4 heteroatoms. The van der Waals surface area contributed by atoms with Crippen molar-refractivity contribution in [2.24, 2.45) is 38.9 Å². The molecule has 0 aromatic carbocycles. The van der Waals surface area contributed by atoms with Gasteiger partial charge in [0, 0.05) is 0 Å². The Bertz CT molecular complexity index is 477. The molecule has 2 N–H and O–H groups in total. The van der Waals surface area contributed by atoms with Gasteiger partial charge in [-0.05, 0) is 68.1 Å². The Morgan fingerprint density at radius 1 is 1.21 bits per heavy atom. The normalized spacial score (nSPS) is 50.3. The summed E-state index contributed by atoms with van der Waals surface area (Å²) >= 11 is 0. The fourth-order valence-electron chi connectivity index (χ4n) is 5.67. The largest absolute Gasteiger partial charge is 0.384 e. The molecule has 0 amide bonds. The lowest BCUT2D eigenvalue weighted by Gasteiger charge is -2.57. The van der Waals surface area contributed by atoms with E-state index in [1.807, 2.05) is 0 Å². The molecule has 0 aromatic heterocycles. The lowest BCUT2D eigenvalue weighted by atomic mass is 9.47. The molecule has 4 saturated carbocycles. The molecule has 5 aliphatic rings. The summed E-state index contributed by atoms with van der Waals surface area (Å²) in [5, 5.41) is 9.56. The second-order valence-corrected chi connectivity index (χ2v) is 7.33. The number of nitrogens with two attached hydrogens (primary N) is 1. The molecule has 4 nitrogen and oxygen atoms in total. The van der Waals surface area contributed by atoms with Crippen molar-refractivity contribution >= 4 is 12.2 Å². The molecule has 0 spiro atoms. The van der Waals surface area contributed by atoms with Crippen molar-refractivity contribution in [1.29, 1.82) is 5.26 Å². The third-order valence-electron chi connectivity index (χ3n) is 5.88. The van der Waals surface area contributed by atoms with Gasteiger partial charge in [0.05, 0.1) is 0 Å². The van der Waals surface area contributed by atoms with Crippen LogP contribution in [0.25, 0.3) is 0 Å². The molecular weight excluding hydrogens is 236 g/mol. The standard InChI is InChI=1S/C15H20N4/c16-8-15(13(17)18-9-19-15)7-14-4-10-1-11(5-14)3-12(2-10)6-14/h9-12H,1-7H2,(H2,17,18,19). The molecule has 0 aromatic rings. The van der Waals surface area contributed by atoms with Gasteiger partial charge in [0.1, 0.15) is 18.2 Å². The Morgan fingerprint density at radius 2 is 1.79 bits per heavy atom. The summed E-state index contributed by atoms with van der Waals surface area (Å²) in [7, 11) is 0. The van der Waals surface area contributed by atoms with E-state index in [2.05, 4.69) is 16.1 Å². The summed E-state index contributed by atoms with van der Waals surface area (Å²) in [6, 6.07) is 2.35. The van der Waals surface area contributed by atoms with Crippen LogP contribution in [-0.2, 0) is 0 Å². The number of rotatable bonds is 2. The third kappa shape index (κ3) is 1.57. The lowest BCUT2D eigenvalue weighted by molar-refractivity contribution is -0.0606. The Balaban J connectivity index is 1.65. The van der Waals surface area contributed by atoms with Gasteiger partial charge in [-0.3, -0.25) is 0 Å². The Morgan fingerprint density at radius 3 is 2.21 bits per heavy atom. The van der Waals surface area contributed by atoms with E-state index in [0.29, 0.717) is 11.3 Å². The van der Waals surface area contributed by atoms with Gasteiger partial charge in [0.2, 0.25) is 5.54 Å². The maximum Gasteiger partial charge on any atom is 0.205 e. The quantitative estimate of drug-likeness (QED) is 0.822. The molecule has 4 aliphatic carbocycles. The van der Waals surface area contributed by atoms with E-state index in [4.69, 9.17) is 5.73 Å². The highest BCUT2D eigenvalue weighted by Gasteiger charge is 2.55. The van der Waals surface area contributed by atoms with Crippen molar-refractivity contribution in [2.45, 2.75) is 50.5 Å². The summed E-state index contributed by atoms with van der Waals surface area (Å²) in [6.07, 6.45) is 10.4. The van der Waals surface area contributed by atoms with Crippen molar-refractivity contribution in [2.75, 3.05) is 0 Å². The van der Waals surface area contributed by atoms with Gasteiger partial charge in [-0.2, -0.15) is 5.26 Å². The first-order valence-electron chi connectivity index (χ1n) is 7.42. The van der Waals surface area contributed by atoms with Crippen LogP contribution >= 0.6 is 0 Å². The van der Waals surface area contributed by atoms with E-state index in [1.54, 1.807) is 0 Å². The second kappa shape index (κ2) is 3.59. The molecule has 4 fully saturated rings. The van der Waals surface area contributed by atoms with Crippen LogP contribution in [-0.4, -0.2) is 17.7 Å². The fraction of sp³-hybridized carbons (Fsp3) is 0.800. The molecule has 5 rings (SSSR count). The van der Waals surface area contributed by atoms with Crippen LogP contribution in [0.5, 0.6) is 0 Å². The summed E-state index contributed by atoms with van der Waals surface area (Å²) < 4.78 is 0. The SMILES string of the molecule is N#CC1(CC23CC4CC(CC(C4)C2)C3)N=CN=C1N. The maximum absolute atomic E-state index is 9.56. The van der Waals surface area contributed by atoms with Gasteiger partial charge >= 0.3 is 0 Å². The van der Waals surface area contributed by atoms with Crippen LogP contribution in [0, 0.1) is 34.5 Å². The molecule has 19 heavy (non-hydrogen) atoms. The van der Waals surface area contributed by atoms with Crippen molar-refractivity contribution in [1.82, 2.24) is 0 Å². The summed E-state index contributed by atoms with van der Waals surface area (Å²) in [6.45, 7) is 0. The highest BCUT2D eigenvalue weighted by Crippen LogP contribution is 2.62. The van der Waals surface area contributed by atoms with Crippen LogP contribution in [0.4, 0.5) is 0 Å². The van der Waals surface area contributed by atoms with Crippen molar-refractivity contribution in [3.05, 3.63) is 0 Å². The fourth-order valence-corrected chi connectivity index (χ4v) is 5.67. The summed E-state index contributed by atoms with van der Waals surface area (Å²) in [4.78, 5) is 8.37. The number of aliphatic imine (C=N–C) groups is 2. The number of amidine groups is 1. The zero-order chi connectivity index (χ0) is 13.1. The number of nitriles is 1. The average molecular weight is 256 g/mol. The van der Waals surface area contributed by atoms with Crippen LogP contribution in [0.2, 0.25) is 0 Å². The van der Waals surface area contributed by atoms with Gasteiger partial charge < -0.3 is 5.73 Å². The van der Waals surface area contributed by atoms with E-state index < -0.39 is 5.54 Å². The van der Waals surface area contributed by atoms with E-state index in [0.717, 1.165) is 24.2 Å². The predicted octanol–water partition coefficient (Wildman–Crippen LogP) is 2.25. The van der Waals surface area contributed by atoms with Crippen molar-refractivity contribution in [3.8, 4) is 6.07 Å². The molecule has 0 saturated heterocycles. The maximum atomic E-state index is 9.56. The predicted molar refractivity (Wildman–Crippen MR) is 73.7 cm³/mol. The molecule has 1 aliphatic heterocycles. The first-order valence-corrected chi connectivity index (χ1v) is 7.42. The topological polar surface area (TPSA) is 74.5 Å². The Labute approximate surface area is 113 Å². The smallest absolute Gasteiger partial charge is 0.205 e. The Kier molecular flexibility index (Phi) is 2.17. The highest BCUT2D eigenvalue weighted by molar-refractivity contribution is 6.02. The molecule has 4 bridgehead atoms. The van der Waals surface area contributed by atoms with Crippen molar-refractivity contribution < 1.29 is 0 Å². The van der Waals surface area contributed by atoms with E-state index in [1.165, 1.54) is 44.9 Å². The van der Waals surface area contributed by atoms with Gasteiger partial charge in [0.15, 0.2) is 0 Å². The van der Waals surface area contributed by atoms with Gasteiger partial charge in [-0.1, -0.05) is 0 Å². The number of nitrogens with zero attached hydrogens (tertiary/aromatic N) is 3. The van der Waals surface area contributed by atoms with Crippen LogP contribution in [0.3, 0.4) is 0 Å². The summed E-state index contributed by atoms with van der Waals surface area (Å²) in [5.74, 6) is 3.09. The van der Waals surface area contributed by atoms with E-state index in [-0.39, 0.29) is 0 Å². The molecule has 1 heterocycles. The van der Waals surface area contributed by atoms with Gasteiger partial charge in [-0.25, -0.2) is 9.98 Å². The minimum absolute atomic E-state index is 0.312. The minimum atomic E-state index is -0.855. The molecule has 0 radical (unpaired) electrons. The van der Waals surface area contributed by atoms with Crippen LogP contribution in [0.15, 0.2) is 9.98 Å². The summed E-state index contributed by atoms with van der Waals surface area (Å²) in [5.41, 5.74) is 5.41. The zero-order valence-corrected chi connectivity index (χ0v) is 11.2. The average Bonchev–Trinajstić information content (AvgIpc) is 2.69. The molecule has 1 atom stereocenters. The van der Waals surface area contributed by atoms with Gasteiger partial charge in [0.25, 0.3) is 0 Å². The van der Waals surface area contributed by atoms with Crippen LogP contribution < -0.4 is 5.73 Å². The lowest BCUT2D eigenvalue weighted by Crippen LogP contribution is -2.51. The van der Waals surface area contributed by atoms with E-state index >= 15 is 0 Å². The third-order valence-corrected chi connectivity index (χ3v) is 5.88. The number of hydrogen-bond acceptors (Lipinski definition) is 4.